The normalized spacial score (nSPS) is 15.9. The molecule has 0 spiro atoms. The number of aliphatic hydroxyl groups is 1. The molecule has 30 heavy (non-hydrogen) atoms. The lowest BCUT2D eigenvalue weighted by atomic mass is 10.1. The van der Waals surface area contributed by atoms with Gasteiger partial charge in [0.05, 0.1) is 12.1 Å². The smallest absolute Gasteiger partial charge is 0.326 e. The summed E-state index contributed by atoms with van der Waals surface area (Å²) in [4.78, 5) is 48.3. The van der Waals surface area contributed by atoms with Crippen molar-refractivity contribution < 1.29 is 29.4 Å². The highest BCUT2D eigenvalue weighted by Crippen LogP contribution is 2.01. The van der Waals surface area contributed by atoms with Gasteiger partial charge in [-0.1, -0.05) is 0 Å². The summed E-state index contributed by atoms with van der Waals surface area (Å²) in [7, 11) is 0. The summed E-state index contributed by atoms with van der Waals surface area (Å²) in [5.41, 5.74) is 18.9. The summed E-state index contributed by atoms with van der Waals surface area (Å²) in [5.74, 6) is 1.51. The molecule has 0 aromatic carbocycles. The summed E-state index contributed by atoms with van der Waals surface area (Å²) in [6.07, 6.45) is -1.13. The molecule has 0 radical (unpaired) electrons. The van der Waals surface area contributed by atoms with E-state index < -0.39 is 54.0 Å². The third kappa shape index (κ3) is 9.91. The molecule has 0 fully saturated rings. The molecule has 174 valence electrons. The number of carboxylic acids is 1. The predicted molar refractivity (Wildman–Crippen MR) is 107 cm³/mol. The molecule has 0 aliphatic rings. The van der Waals surface area contributed by atoms with E-state index in [9.17, 15) is 24.3 Å². The third-order valence-corrected chi connectivity index (χ3v) is 4.16. The molecule has 0 bridgehead atoms. The Kier molecular flexibility index (Phi) is 13.4. The number of rotatable bonds is 15. The van der Waals surface area contributed by atoms with E-state index in [1.54, 1.807) is 0 Å². The molecule has 14 N–H and O–H groups in total. The zero-order chi connectivity index (χ0) is 23.3. The molecule has 0 aromatic rings. The van der Waals surface area contributed by atoms with Gasteiger partial charge in [-0.2, -0.15) is 0 Å². The van der Waals surface area contributed by atoms with Crippen LogP contribution >= 0.6 is 0 Å². The van der Waals surface area contributed by atoms with Gasteiger partial charge in [-0.25, -0.2) is 4.79 Å². The molecule has 0 heterocycles. The number of hydrogen-bond acceptors (Lipinski definition) is 10. The van der Waals surface area contributed by atoms with Gasteiger partial charge >= 0.3 is 5.97 Å². The van der Waals surface area contributed by atoms with Gasteiger partial charge in [-0.15, -0.1) is 0 Å². The van der Waals surface area contributed by atoms with Crippen molar-refractivity contribution in [3.8, 4) is 0 Å². The van der Waals surface area contributed by atoms with Crippen LogP contribution in [0, 0.1) is 0 Å². The van der Waals surface area contributed by atoms with Crippen molar-refractivity contribution in [1.29, 1.82) is 0 Å². The van der Waals surface area contributed by atoms with Crippen LogP contribution < -0.4 is 44.4 Å². The lowest BCUT2D eigenvalue weighted by Crippen LogP contribution is -2.60. The molecule has 0 aliphatic carbocycles. The van der Waals surface area contributed by atoms with Gasteiger partial charge < -0.3 is 43.4 Å². The van der Waals surface area contributed by atoms with Crippen LogP contribution in [0.25, 0.3) is 0 Å². The molecule has 14 heteroatoms. The van der Waals surface area contributed by atoms with Gasteiger partial charge in [0.2, 0.25) is 17.7 Å². The second kappa shape index (κ2) is 14.6. The average molecular weight is 434 g/mol. The first-order valence-corrected chi connectivity index (χ1v) is 9.50. The molecule has 0 aliphatic heterocycles. The fourth-order valence-electron chi connectivity index (χ4n) is 2.43. The largest absolute Gasteiger partial charge is 0.480 e. The Bertz CT molecular complexity index is 576. The molecular weight excluding hydrogens is 400 g/mol. The number of carbonyl (C=O) groups excluding carboxylic acids is 3. The Balaban J connectivity index is 5.18. The van der Waals surface area contributed by atoms with E-state index in [2.05, 4.69) is 21.4 Å². The van der Waals surface area contributed by atoms with Gasteiger partial charge in [-0.3, -0.25) is 25.7 Å². The fraction of sp³-hybridized carbons (Fsp3) is 0.750. The van der Waals surface area contributed by atoms with Crippen LogP contribution in [0.1, 0.15) is 26.2 Å². The maximum absolute atomic E-state index is 12.6. The molecule has 0 saturated carbocycles. The summed E-state index contributed by atoms with van der Waals surface area (Å²) in [6, 6.07) is -4.80. The van der Waals surface area contributed by atoms with E-state index in [1.807, 2.05) is 0 Å². The van der Waals surface area contributed by atoms with Gasteiger partial charge in [-0.05, 0) is 39.3 Å². The number of carbonyl (C=O) groups is 4. The standard InChI is InChI=1S/C16H34N8O6/c1-8(25)12(24-13(26)9(19)4-7-21-20)15(28)22-10(2-5-17)14(27)23-11(3-6-18)16(29)30/h8-12,21,25H,2-7,17-20H2,1H3,(H,22,28)(H,23,27)(H,24,26)(H,29,30)/t8-,9+,10+,11+,12+/m1/s1. The van der Waals surface area contributed by atoms with Gasteiger partial charge in [0.25, 0.3) is 0 Å². The van der Waals surface area contributed by atoms with Crippen molar-refractivity contribution in [1.82, 2.24) is 21.4 Å². The highest BCUT2D eigenvalue weighted by atomic mass is 16.4. The van der Waals surface area contributed by atoms with E-state index in [1.165, 1.54) is 6.92 Å². The van der Waals surface area contributed by atoms with E-state index in [-0.39, 0.29) is 38.9 Å². The monoisotopic (exact) mass is 434 g/mol. The third-order valence-electron chi connectivity index (χ3n) is 4.16. The lowest BCUT2D eigenvalue weighted by Gasteiger charge is -2.26. The van der Waals surface area contributed by atoms with Crippen LogP contribution in [0.15, 0.2) is 0 Å². The summed E-state index contributed by atoms with van der Waals surface area (Å²) >= 11 is 0. The number of aliphatic carboxylic acids is 1. The fourth-order valence-corrected chi connectivity index (χ4v) is 2.43. The minimum Gasteiger partial charge on any atom is -0.480 e. The van der Waals surface area contributed by atoms with Gasteiger partial charge in [0.1, 0.15) is 18.1 Å². The first-order chi connectivity index (χ1) is 14.1. The molecule has 0 rings (SSSR count). The highest BCUT2D eigenvalue weighted by Gasteiger charge is 2.31. The van der Waals surface area contributed by atoms with Crippen molar-refractivity contribution in [2.24, 2.45) is 23.0 Å². The zero-order valence-corrected chi connectivity index (χ0v) is 17.0. The number of carboxylic acid groups (broad SMARTS) is 1. The SMILES string of the molecule is C[C@@H](O)[C@H](NC(=O)[C@@H](N)CCNN)C(=O)N[C@@H](CCN)C(=O)N[C@@H](CCN)C(=O)O. The molecule has 0 saturated heterocycles. The number of aliphatic hydroxyl groups excluding tert-OH is 1. The van der Waals surface area contributed by atoms with Crippen LogP contribution in [0.2, 0.25) is 0 Å². The van der Waals surface area contributed by atoms with Crippen molar-refractivity contribution in [3.05, 3.63) is 0 Å². The van der Waals surface area contributed by atoms with Crippen LogP contribution in [0.5, 0.6) is 0 Å². The van der Waals surface area contributed by atoms with Crippen LogP contribution in [0.4, 0.5) is 0 Å². The van der Waals surface area contributed by atoms with Crippen molar-refractivity contribution in [2.45, 2.75) is 56.5 Å². The number of hydrogen-bond donors (Lipinski definition) is 10. The Morgan fingerprint density at radius 1 is 0.867 bits per heavy atom. The minimum absolute atomic E-state index is 0.00526. The zero-order valence-electron chi connectivity index (χ0n) is 17.0. The highest BCUT2D eigenvalue weighted by molar-refractivity contribution is 5.94. The molecule has 0 unspecified atom stereocenters. The van der Waals surface area contributed by atoms with Crippen molar-refractivity contribution in [2.75, 3.05) is 19.6 Å². The van der Waals surface area contributed by atoms with Gasteiger partial charge in [0, 0.05) is 6.54 Å². The van der Waals surface area contributed by atoms with Crippen LogP contribution in [0.3, 0.4) is 0 Å². The quantitative estimate of drug-likeness (QED) is 0.0859. The topological polar surface area (TPSA) is 261 Å². The van der Waals surface area contributed by atoms with E-state index >= 15 is 0 Å². The predicted octanol–water partition coefficient (Wildman–Crippen LogP) is -5.22. The maximum atomic E-state index is 12.6. The number of nitrogens with one attached hydrogen (secondary N) is 4. The number of amides is 3. The molecule has 0 aromatic heterocycles. The second-order valence-electron chi connectivity index (χ2n) is 6.69. The maximum Gasteiger partial charge on any atom is 0.326 e. The Labute approximate surface area is 174 Å². The first kappa shape index (κ1) is 27.6. The lowest BCUT2D eigenvalue weighted by molar-refractivity contribution is -0.142. The van der Waals surface area contributed by atoms with Crippen LogP contribution in [-0.4, -0.2) is 83.8 Å². The number of nitrogens with two attached hydrogens (primary N) is 4. The van der Waals surface area contributed by atoms with Crippen molar-refractivity contribution in [3.63, 3.8) is 0 Å². The number of hydrazine groups is 1. The van der Waals surface area contributed by atoms with Crippen LogP contribution in [-0.2, 0) is 19.2 Å². The molecule has 3 amide bonds. The summed E-state index contributed by atoms with van der Waals surface area (Å²) in [5, 5.41) is 26.0. The van der Waals surface area contributed by atoms with Crippen molar-refractivity contribution >= 4 is 23.7 Å². The average Bonchev–Trinajstić information content (AvgIpc) is 2.68. The summed E-state index contributed by atoms with van der Waals surface area (Å²) < 4.78 is 0. The first-order valence-electron chi connectivity index (χ1n) is 9.50. The van der Waals surface area contributed by atoms with Gasteiger partial charge in [0.15, 0.2) is 0 Å². The minimum atomic E-state index is -1.40. The van der Waals surface area contributed by atoms with E-state index in [0.717, 1.165) is 0 Å². The van der Waals surface area contributed by atoms with E-state index in [4.69, 9.17) is 28.2 Å². The molecular formula is C16H34N8O6. The Hall–Kier alpha value is -2.36. The Morgan fingerprint density at radius 3 is 1.87 bits per heavy atom. The summed E-state index contributed by atoms with van der Waals surface area (Å²) in [6.45, 7) is 1.57. The Morgan fingerprint density at radius 2 is 1.40 bits per heavy atom. The van der Waals surface area contributed by atoms with E-state index in [0.29, 0.717) is 0 Å². The second-order valence-corrected chi connectivity index (χ2v) is 6.69. The molecule has 5 atom stereocenters. The molecule has 14 nitrogen and oxygen atoms in total.